The highest BCUT2D eigenvalue weighted by Crippen LogP contribution is 2.60. The molecule has 8 heteroatoms. The summed E-state index contributed by atoms with van der Waals surface area (Å²) in [6, 6.07) is 2.47. The lowest BCUT2D eigenvalue weighted by atomic mass is 9.83. The van der Waals surface area contributed by atoms with Gasteiger partial charge in [-0.1, -0.05) is 0 Å². The minimum Gasteiger partial charge on any atom is -0.462 e. The number of benzene rings is 1. The van der Waals surface area contributed by atoms with Crippen LogP contribution in [0.2, 0.25) is 0 Å². The minimum absolute atomic E-state index is 0.0301. The molecule has 4 nitrogen and oxygen atoms in total. The molecule has 2 aliphatic rings. The van der Waals surface area contributed by atoms with Crippen molar-refractivity contribution in [2.75, 3.05) is 5.73 Å². The quantitative estimate of drug-likeness (QED) is 0.612. The Kier molecular flexibility index (Phi) is 2.45. The zero-order valence-corrected chi connectivity index (χ0v) is 10.1. The minimum atomic E-state index is -4.80. The fourth-order valence-corrected chi connectivity index (χ4v) is 2.70. The van der Waals surface area contributed by atoms with Crippen LogP contribution < -0.4 is 11.5 Å². The monoisotopic (exact) mass is 289 g/mol. The Bertz CT molecular complexity index is 601. The molecule has 1 aromatic carbocycles. The normalized spacial score (nSPS) is 32.1. The van der Waals surface area contributed by atoms with Crippen molar-refractivity contribution >= 4 is 11.7 Å². The number of nitrogen functional groups attached to an aromatic ring is 1. The van der Waals surface area contributed by atoms with E-state index in [0.717, 1.165) is 12.1 Å². The molecule has 0 radical (unpaired) electrons. The molecule has 4 N–H and O–H groups in total. The van der Waals surface area contributed by atoms with Crippen LogP contribution in [-0.4, -0.2) is 18.3 Å². The van der Waals surface area contributed by atoms with E-state index in [9.17, 15) is 17.6 Å². The first kappa shape index (κ1) is 13.0. The molecule has 3 unspecified atom stereocenters. The molecule has 1 saturated carbocycles. The Hall–Kier alpha value is -1.99. The van der Waals surface area contributed by atoms with Gasteiger partial charge in [-0.3, -0.25) is 0 Å². The summed E-state index contributed by atoms with van der Waals surface area (Å²) in [7, 11) is 0. The van der Waals surface area contributed by atoms with Gasteiger partial charge in [0.2, 0.25) is 0 Å². The Morgan fingerprint density at radius 3 is 2.65 bits per heavy atom. The summed E-state index contributed by atoms with van der Waals surface area (Å²) < 4.78 is 59.8. The average molecular weight is 289 g/mol. The number of anilines is 1. The molecule has 20 heavy (non-hydrogen) atoms. The average Bonchev–Trinajstić information content (AvgIpc) is 3.08. The Morgan fingerprint density at radius 2 is 2.00 bits per heavy atom. The van der Waals surface area contributed by atoms with Crippen molar-refractivity contribution < 1.29 is 22.3 Å². The molecule has 1 fully saturated rings. The van der Waals surface area contributed by atoms with Gasteiger partial charge in [0, 0.05) is 17.2 Å². The molecule has 0 bridgehead atoms. The van der Waals surface area contributed by atoms with Crippen LogP contribution in [0.5, 0.6) is 0 Å². The van der Waals surface area contributed by atoms with E-state index in [1.165, 1.54) is 6.07 Å². The molecule has 3 atom stereocenters. The van der Waals surface area contributed by atoms with Gasteiger partial charge in [-0.25, -0.2) is 9.38 Å². The molecule has 0 aromatic heterocycles. The maximum atomic E-state index is 13.9. The first-order chi connectivity index (χ1) is 9.25. The van der Waals surface area contributed by atoms with Crippen LogP contribution in [0.1, 0.15) is 12.0 Å². The Balaban J connectivity index is 2.27. The number of fused-ring (bicyclic) bond motifs is 1. The zero-order chi connectivity index (χ0) is 14.7. The number of ether oxygens (including phenoxy) is 1. The fraction of sp³-hybridized carbons (Fsp3) is 0.417. The second-order valence-corrected chi connectivity index (χ2v) is 4.95. The third-order valence-corrected chi connectivity index (χ3v) is 3.66. The van der Waals surface area contributed by atoms with Crippen molar-refractivity contribution in [3.8, 4) is 0 Å². The predicted molar refractivity (Wildman–Crippen MR) is 63.1 cm³/mol. The lowest BCUT2D eigenvalue weighted by molar-refractivity contribution is -0.201. The second kappa shape index (κ2) is 3.77. The maximum Gasteiger partial charge on any atom is 0.418 e. The number of nitrogens with zero attached hydrogens (tertiary/aromatic N) is 1. The number of alkyl halides is 3. The van der Waals surface area contributed by atoms with E-state index in [-0.39, 0.29) is 12.1 Å². The molecule has 108 valence electrons. The molecule has 1 aromatic rings. The zero-order valence-electron chi connectivity index (χ0n) is 10.1. The highest BCUT2D eigenvalue weighted by Gasteiger charge is 2.71. The maximum absolute atomic E-state index is 13.9. The van der Waals surface area contributed by atoms with Gasteiger partial charge in [0.1, 0.15) is 11.9 Å². The Labute approximate surface area is 111 Å². The van der Waals surface area contributed by atoms with Crippen LogP contribution in [0.3, 0.4) is 0 Å². The summed E-state index contributed by atoms with van der Waals surface area (Å²) in [5, 5.41) is 0. The van der Waals surface area contributed by atoms with Crippen molar-refractivity contribution in [3.05, 3.63) is 29.6 Å². The molecule has 1 aliphatic carbocycles. The third kappa shape index (κ3) is 1.63. The number of aliphatic imine (C=N–C) groups is 1. The summed E-state index contributed by atoms with van der Waals surface area (Å²) in [6.07, 6.45) is -5.36. The van der Waals surface area contributed by atoms with Crippen molar-refractivity contribution in [3.63, 3.8) is 0 Å². The van der Waals surface area contributed by atoms with E-state index in [1.54, 1.807) is 0 Å². The lowest BCUT2D eigenvalue weighted by Crippen LogP contribution is -2.48. The van der Waals surface area contributed by atoms with Crippen molar-refractivity contribution in [1.82, 2.24) is 0 Å². The van der Waals surface area contributed by atoms with Gasteiger partial charge in [0.25, 0.3) is 6.02 Å². The fourth-order valence-electron chi connectivity index (χ4n) is 2.70. The van der Waals surface area contributed by atoms with E-state index in [1.807, 2.05) is 0 Å². The van der Waals surface area contributed by atoms with E-state index >= 15 is 0 Å². The summed E-state index contributed by atoms with van der Waals surface area (Å²) in [5.74, 6) is -1.99. The second-order valence-electron chi connectivity index (χ2n) is 4.95. The lowest BCUT2D eigenvalue weighted by Gasteiger charge is -2.35. The molecule has 3 rings (SSSR count). The largest absolute Gasteiger partial charge is 0.462 e. The number of hydrogen-bond donors (Lipinski definition) is 2. The molecule has 1 aliphatic heterocycles. The van der Waals surface area contributed by atoms with Crippen LogP contribution in [0, 0.1) is 11.7 Å². The van der Waals surface area contributed by atoms with Gasteiger partial charge in [-0.2, -0.15) is 13.2 Å². The molecular formula is C12H11F4N3O. The molecule has 1 heterocycles. The molecule has 0 saturated heterocycles. The van der Waals surface area contributed by atoms with Crippen LogP contribution in [-0.2, 0) is 10.3 Å². The first-order valence-corrected chi connectivity index (χ1v) is 5.90. The Morgan fingerprint density at radius 1 is 1.30 bits per heavy atom. The first-order valence-electron chi connectivity index (χ1n) is 5.90. The van der Waals surface area contributed by atoms with Gasteiger partial charge in [0.15, 0.2) is 5.54 Å². The van der Waals surface area contributed by atoms with E-state index in [2.05, 4.69) is 4.99 Å². The standard InChI is InChI=1S/C12H11F4N3O/c13-8-2-1-5(17)3-6(8)11(12(14,15)16)7-4-9(7)20-10(18)19-11/h1-3,7,9H,4,17H2,(H2,18,19). The van der Waals surface area contributed by atoms with Gasteiger partial charge in [0.05, 0.1) is 0 Å². The van der Waals surface area contributed by atoms with Crippen LogP contribution in [0.4, 0.5) is 23.2 Å². The highest BCUT2D eigenvalue weighted by molar-refractivity contribution is 5.74. The summed E-state index contributed by atoms with van der Waals surface area (Å²) in [5.41, 5.74) is 7.51. The topological polar surface area (TPSA) is 73.6 Å². The van der Waals surface area contributed by atoms with Gasteiger partial charge in [-0.15, -0.1) is 0 Å². The van der Waals surface area contributed by atoms with Crippen molar-refractivity contribution in [2.45, 2.75) is 24.2 Å². The van der Waals surface area contributed by atoms with Gasteiger partial charge >= 0.3 is 6.18 Å². The molecule has 0 spiro atoms. The third-order valence-electron chi connectivity index (χ3n) is 3.66. The number of rotatable bonds is 1. The van der Waals surface area contributed by atoms with Crippen LogP contribution in [0.25, 0.3) is 0 Å². The van der Waals surface area contributed by atoms with E-state index in [4.69, 9.17) is 16.2 Å². The van der Waals surface area contributed by atoms with E-state index in [0.29, 0.717) is 0 Å². The number of halogens is 4. The van der Waals surface area contributed by atoms with Crippen molar-refractivity contribution in [1.29, 1.82) is 0 Å². The van der Waals surface area contributed by atoms with Gasteiger partial charge < -0.3 is 16.2 Å². The number of nitrogens with two attached hydrogens (primary N) is 2. The SMILES string of the molecule is NC1=NC(c2cc(N)ccc2F)(C(F)(F)F)C2CC2O1. The highest BCUT2D eigenvalue weighted by atomic mass is 19.4. The van der Waals surface area contributed by atoms with Crippen molar-refractivity contribution in [2.24, 2.45) is 16.6 Å². The van der Waals surface area contributed by atoms with Crippen LogP contribution >= 0.6 is 0 Å². The smallest absolute Gasteiger partial charge is 0.418 e. The summed E-state index contributed by atoms with van der Waals surface area (Å²) in [4.78, 5) is 3.43. The van der Waals surface area contributed by atoms with Gasteiger partial charge in [-0.05, 0) is 24.6 Å². The summed E-state index contributed by atoms with van der Waals surface area (Å²) in [6.45, 7) is 0. The van der Waals surface area contributed by atoms with Crippen LogP contribution in [0.15, 0.2) is 23.2 Å². The predicted octanol–water partition coefficient (Wildman–Crippen LogP) is 1.90. The number of hydrogen-bond acceptors (Lipinski definition) is 4. The van der Waals surface area contributed by atoms with E-state index < -0.39 is 41.1 Å². The molecular weight excluding hydrogens is 278 g/mol. The summed E-state index contributed by atoms with van der Waals surface area (Å²) >= 11 is 0. The number of amidine groups is 1. The molecule has 0 amide bonds.